The highest BCUT2D eigenvalue weighted by Crippen LogP contribution is 2.39. The summed E-state index contributed by atoms with van der Waals surface area (Å²) in [6.07, 6.45) is 5.26. The Morgan fingerprint density at radius 1 is 1.14 bits per heavy atom. The monoisotopic (exact) mass is 292 g/mol. The van der Waals surface area contributed by atoms with Crippen LogP contribution in [0.1, 0.15) is 39.0 Å². The summed E-state index contributed by atoms with van der Waals surface area (Å²) in [5.41, 5.74) is 6.73. The van der Waals surface area contributed by atoms with Gasteiger partial charge in [0.2, 0.25) is 5.91 Å². The highest BCUT2D eigenvalue weighted by molar-refractivity contribution is 5.98. The van der Waals surface area contributed by atoms with Gasteiger partial charge in [-0.3, -0.25) is 4.79 Å². The van der Waals surface area contributed by atoms with Crippen LogP contribution in [0.3, 0.4) is 0 Å². The van der Waals surface area contributed by atoms with Crippen LogP contribution in [0.2, 0.25) is 0 Å². The fourth-order valence-electron chi connectivity index (χ4n) is 2.84. The van der Waals surface area contributed by atoms with Gasteiger partial charge in [-0.2, -0.15) is 0 Å². The number of nitrogen functional groups attached to an aromatic ring is 1. The number of amides is 1. The summed E-state index contributed by atoms with van der Waals surface area (Å²) in [6.45, 7) is 2.03. The lowest BCUT2D eigenvalue weighted by Gasteiger charge is -2.32. The van der Waals surface area contributed by atoms with Gasteiger partial charge in [0.1, 0.15) is 0 Å². The fourth-order valence-corrected chi connectivity index (χ4v) is 2.84. The summed E-state index contributed by atoms with van der Waals surface area (Å²) in [6, 6.07) is 3.37. The van der Waals surface area contributed by atoms with E-state index in [1.807, 2.05) is 6.92 Å². The normalized spacial score (nSPS) is 17.1. The highest BCUT2D eigenvalue weighted by Gasteiger charge is 2.34. The molecular weight excluding hydrogens is 268 g/mol. The number of nitrogens with two attached hydrogens (primary N) is 1. The Morgan fingerprint density at radius 2 is 1.71 bits per heavy atom. The standard InChI is InChI=1S/C16H24N2O3/c1-16(7-5-4-6-8-16)15(19)18-12-10-14(21-3)13(20-2)9-11(12)17/h9-10H,4-8,17H2,1-3H3,(H,18,19). The van der Waals surface area contributed by atoms with E-state index in [-0.39, 0.29) is 11.3 Å². The van der Waals surface area contributed by atoms with Gasteiger partial charge in [-0.1, -0.05) is 26.2 Å². The van der Waals surface area contributed by atoms with Crippen LogP contribution < -0.4 is 20.5 Å². The molecular formula is C16H24N2O3. The van der Waals surface area contributed by atoms with E-state index in [9.17, 15) is 4.79 Å². The van der Waals surface area contributed by atoms with E-state index in [0.717, 1.165) is 25.7 Å². The fraction of sp³-hybridized carbons (Fsp3) is 0.562. The summed E-state index contributed by atoms with van der Waals surface area (Å²) in [5.74, 6) is 1.13. The van der Waals surface area contributed by atoms with Crippen LogP contribution in [0.4, 0.5) is 11.4 Å². The van der Waals surface area contributed by atoms with Gasteiger partial charge in [0.25, 0.3) is 0 Å². The van der Waals surface area contributed by atoms with E-state index >= 15 is 0 Å². The summed E-state index contributed by atoms with van der Waals surface area (Å²) < 4.78 is 10.4. The molecule has 0 atom stereocenters. The van der Waals surface area contributed by atoms with E-state index in [1.54, 1.807) is 26.4 Å². The second-order valence-electron chi connectivity index (χ2n) is 5.87. The zero-order chi connectivity index (χ0) is 15.5. The quantitative estimate of drug-likeness (QED) is 0.836. The molecule has 1 amide bonds. The number of carbonyl (C=O) groups excluding carboxylic acids is 1. The number of nitrogens with one attached hydrogen (secondary N) is 1. The number of hydrogen-bond donors (Lipinski definition) is 2. The molecule has 5 heteroatoms. The van der Waals surface area contributed by atoms with E-state index in [4.69, 9.17) is 15.2 Å². The molecule has 1 aliphatic rings. The Hall–Kier alpha value is -1.91. The maximum absolute atomic E-state index is 12.6. The third-order valence-electron chi connectivity index (χ3n) is 4.31. The van der Waals surface area contributed by atoms with Crippen LogP contribution in [0.25, 0.3) is 0 Å². The van der Waals surface area contributed by atoms with E-state index in [1.165, 1.54) is 6.42 Å². The molecule has 0 heterocycles. The average Bonchev–Trinajstić information content (AvgIpc) is 2.49. The van der Waals surface area contributed by atoms with Crippen LogP contribution in [-0.2, 0) is 4.79 Å². The second kappa shape index (κ2) is 6.24. The van der Waals surface area contributed by atoms with E-state index < -0.39 is 0 Å². The van der Waals surface area contributed by atoms with Gasteiger partial charge < -0.3 is 20.5 Å². The van der Waals surface area contributed by atoms with Crippen molar-refractivity contribution in [2.45, 2.75) is 39.0 Å². The molecule has 116 valence electrons. The molecule has 0 spiro atoms. The van der Waals surface area contributed by atoms with Crippen LogP contribution in [-0.4, -0.2) is 20.1 Å². The van der Waals surface area contributed by atoms with Gasteiger partial charge in [-0.15, -0.1) is 0 Å². The molecule has 1 aliphatic carbocycles. The molecule has 0 radical (unpaired) electrons. The Bertz CT molecular complexity index is 522. The minimum absolute atomic E-state index is 0.0288. The van der Waals surface area contributed by atoms with Crippen molar-refractivity contribution in [3.63, 3.8) is 0 Å². The molecule has 0 bridgehead atoms. The number of methoxy groups -OCH3 is 2. The van der Waals surface area contributed by atoms with Gasteiger partial charge in [-0.25, -0.2) is 0 Å². The lowest BCUT2D eigenvalue weighted by atomic mass is 9.75. The van der Waals surface area contributed by atoms with Crippen LogP contribution in [0.5, 0.6) is 11.5 Å². The van der Waals surface area contributed by atoms with Crippen molar-refractivity contribution < 1.29 is 14.3 Å². The van der Waals surface area contributed by atoms with Crippen molar-refractivity contribution in [3.8, 4) is 11.5 Å². The SMILES string of the molecule is COc1cc(N)c(NC(=O)C2(C)CCCCC2)cc1OC. The van der Waals surface area contributed by atoms with Gasteiger partial charge >= 0.3 is 0 Å². The number of benzene rings is 1. The predicted octanol–water partition coefficient (Wildman–Crippen LogP) is 3.19. The van der Waals surface area contributed by atoms with Crippen LogP contribution >= 0.6 is 0 Å². The number of carbonyl (C=O) groups is 1. The van der Waals surface area contributed by atoms with Gasteiger partial charge in [-0.05, 0) is 12.8 Å². The predicted molar refractivity (Wildman–Crippen MR) is 83.8 cm³/mol. The minimum atomic E-state index is -0.308. The Balaban J connectivity index is 2.20. The van der Waals surface area contributed by atoms with Gasteiger partial charge in [0.05, 0.1) is 25.6 Å². The first kappa shape index (κ1) is 15.5. The molecule has 0 aromatic heterocycles. The zero-order valence-corrected chi connectivity index (χ0v) is 13.0. The van der Waals surface area contributed by atoms with Crippen LogP contribution in [0, 0.1) is 5.41 Å². The van der Waals surface area contributed by atoms with Crippen molar-refractivity contribution in [2.24, 2.45) is 5.41 Å². The minimum Gasteiger partial charge on any atom is -0.493 e. The number of ether oxygens (including phenoxy) is 2. The van der Waals surface area contributed by atoms with Gasteiger partial charge in [0.15, 0.2) is 11.5 Å². The molecule has 0 unspecified atom stereocenters. The van der Waals surface area contributed by atoms with Crippen molar-refractivity contribution >= 4 is 17.3 Å². The maximum Gasteiger partial charge on any atom is 0.230 e. The molecule has 3 N–H and O–H groups in total. The summed E-state index contributed by atoms with van der Waals surface area (Å²) in [4.78, 5) is 12.6. The van der Waals surface area contributed by atoms with Gasteiger partial charge in [0, 0.05) is 17.5 Å². The first-order valence-corrected chi connectivity index (χ1v) is 7.33. The lowest BCUT2D eigenvalue weighted by molar-refractivity contribution is -0.126. The molecule has 21 heavy (non-hydrogen) atoms. The van der Waals surface area contributed by atoms with E-state index in [2.05, 4.69) is 5.32 Å². The highest BCUT2D eigenvalue weighted by atomic mass is 16.5. The summed E-state index contributed by atoms with van der Waals surface area (Å²) >= 11 is 0. The number of anilines is 2. The summed E-state index contributed by atoms with van der Waals surface area (Å²) in [5, 5.41) is 2.95. The van der Waals surface area contributed by atoms with E-state index in [0.29, 0.717) is 22.9 Å². The maximum atomic E-state index is 12.6. The third-order valence-corrected chi connectivity index (χ3v) is 4.31. The lowest BCUT2D eigenvalue weighted by Crippen LogP contribution is -2.35. The van der Waals surface area contributed by atoms with Crippen molar-refractivity contribution in [1.29, 1.82) is 0 Å². The van der Waals surface area contributed by atoms with Crippen molar-refractivity contribution in [3.05, 3.63) is 12.1 Å². The second-order valence-corrected chi connectivity index (χ2v) is 5.87. The smallest absolute Gasteiger partial charge is 0.230 e. The average molecular weight is 292 g/mol. The first-order chi connectivity index (χ1) is 10.00. The molecule has 2 rings (SSSR count). The molecule has 0 aliphatic heterocycles. The Kier molecular flexibility index (Phi) is 4.60. The number of hydrogen-bond acceptors (Lipinski definition) is 4. The van der Waals surface area contributed by atoms with Crippen LogP contribution in [0.15, 0.2) is 12.1 Å². The molecule has 1 aromatic rings. The Morgan fingerprint density at radius 3 is 2.29 bits per heavy atom. The molecule has 5 nitrogen and oxygen atoms in total. The molecule has 0 saturated heterocycles. The topological polar surface area (TPSA) is 73.6 Å². The third kappa shape index (κ3) is 3.23. The first-order valence-electron chi connectivity index (χ1n) is 7.33. The van der Waals surface area contributed by atoms with Crippen molar-refractivity contribution in [2.75, 3.05) is 25.3 Å². The summed E-state index contributed by atoms with van der Waals surface area (Å²) in [7, 11) is 3.11. The van der Waals surface area contributed by atoms with Crippen molar-refractivity contribution in [1.82, 2.24) is 0 Å². The molecule has 1 saturated carbocycles. The zero-order valence-electron chi connectivity index (χ0n) is 13.0. The molecule has 1 aromatic carbocycles. The molecule has 1 fully saturated rings. The Labute approximate surface area is 125 Å². The largest absolute Gasteiger partial charge is 0.493 e. The number of rotatable bonds is 4.